The lowest BCUT2D eigenvalue weighted by molar-refractivity contribution is -0.131. The van der Waals surface area contributed by atoms with Crippen LogP contribution in [0.25, 0.3) is 11.4 Å². The molecule has 3 rings (SSSR count). The molecule has 0 atom stereocenters. The molecule has 3 aromatic rings. The van der Waals surface area contributed by atoms with E-state index in [-0.39, 0.29) is 24.1 Å². The number of carbonyl (C=O) groups is 2. The number of anilines is 1. The van der Waals surface area contributed by atoms with Gasteiger partial charge in [0.05, 0.1) is 12.3 Å². The van der Waals surface area contributed by atoms with Gasteiger partial charge in [0, 0.05) is 30.4 Å². The van der Waals surface area contributed by atoms with E-state index < -0.39 is 0 Å². The molecule has 2 amide bonds. The maximum absolute atomic E-state index is 12.4. The number of halogens is 1. The molecule has 2 aromatic carbocycles. The predicted molar refractivity (Wildman–Crippen MR) is 120 cm³/mol. The average molecular weight is 444 g/mol. The van der Waals surface area contributed by atoms with E-state index in [2.05, 4.69) is 15.5 Å². The first-order valence-corrected chi connectivity index (χ1v) is 10.6. The van der Waals surface area contributed by atoms with Crippen molar-refractivity contribution in [2.24, 2.45) is 7.05 Å². The molecular weight excluding hydrogens is 422 g/mol. The highest BCUT2D eigenvalue weighted by atomic mass is 35.5. The standard InChI is InChI=1S/C21H22ClN5O2S/c1-14-4-10-17(11-5-14)23-18(28)12-26(2)19(29)13-30-21-25-24-20(27(21)3)15-6-8-16(22)9-7-15/h4-11H,12-13H2,1-3H3,(H,23,28). The van der Waals surface area contributed by atoms with Gasteiger partial charge in [0.1, 0.15) is 0 Å². The summed E-state index contributed by atoms with van der Waals surface area (Å²) in [5.41, 5.74) is 2.70. The van der Waals surface area contributed by atoms with Crippen molar-refractivity contribution in [3.05, 3.63) is 59.1 Å². The lowest BCUT2D eigenvalue weighted by atomic mass is 10.2. The highest BCUT2D eigenvalue weighted by molar-refractivity contribution is 7.99. The molecule has 0 aliphatic carbocycles. The Bertz CT molecular complexity index is 1030. The van der Waals surface area contributed by atoms with Gasteiger partial charge >= 0.3 is 0 Å². The summed E-state index contributed by atoms with van der Waals surface area (Å²) in [4.78, 5) is 26.0. The number of hydrogen-bond acceptors (Lipinski definition) is 5. The molecule has 7 nitrogen and oxygen atoms in total. The number of nitrogens with one attached hydrogen (secondary N) is 1. The van der Waals surface area contributed by atoms with Crippen molar-refractivity contribution in [1.82, 2.24) is 19.7 Å². The van der Waals surface area contributed by atoms with Crippen LogP contribution in [0.15, 0.2) is 53.7 Å². The van der Waals surface area contributed by atoms with Crippen LogP contribution < -0.4 is 5.32 Å². The third-order valence-corrected chi connectivity index (χ3v) is 5.66. The molecular formula is C21H22ClN5O2S. The maximum atomic E-state index is 12.4. The highest BCUT2D eigenvalue weighted by Gasteiger charge is 2.17. The fraction of sp³-hybridized carbons (Fsp3) is 0.238. The number of rotatable bonds is 7. The molecule has 1 heterocycles. The summed E-state index contributed by atoms with van der Waals surface area (Å²) in [7, 11) is 3.45. The highest BCUT2D eigenvalue weighted by Crippen LogP contribution is 2.24. The van der Waals surface area contributed by atoms with Crippen LogP contribution in [0, 0.1) is 6.92 Å². The predicted octanol–water partition coefficient (Wildman–Crippen LogP) is 3.63. The second-order valence-corrected chi connectivity index (χ2v) is 8.20. The molecule has 0 bridgehead atoms. The van der Waals surface area contributed by atoms with E-state index in [0.29, 0.717) is 21.7 Å². The van der Waals surface area contributed by atoms with Crippen LogP contribution in [0.2, 0.25) is 5.02 Å². The van der Waals surface area contributed by atoms with Gasteiger partial charge in [0.25, 0.3) is 0 Å². The first-order chi connectivity index (χ1) is 14.3. The zero-order valence-electron chi connectivity index (χ0n) is 16.9. The van der Waals surface area contributed by atoms with Gasteiger partial charge in [-0.15, -0.1) is 10.2 Å². The Balaban J connectivity index is 1.53. The van der Waals surface area contributed by atoms with Gasteiger partial charge in [-0.25, -0.2) is 0 Å². The van der Waals surface area contributed by atoms with E-state index in [4.69, 9.17) is 11.6 Å². The van der Waals surface area contributed by atoms with Gasteiger partial charge in [-0.2, -0.15) is 0 Å². The van der Waals surface area contributed by atoms with Gasteiger partial charge in [0.15, 0.2) is 11.0 Å². The molecule has 0 aliphatic heterocycles. The van der Waals surface area contributed by atoms with Crippen molar-refractivity contribution in [2.75, 3.05) is 24.7 Å². The van der Waals surface area contributed by atoms with E-state index >= 15 is 0 Å². The van der Waals surface area contributed by atoms with Gasteiger partial charge in [-0.3, -0.25) is 9.59 Å². The fourth-order valence-corrected chi connectivity index (χ4v) is 3.65. The number of benzene rings is 2. The third kappa shape index (κ3) is 5.61. The van der Waals surface area contributed by atoms with Gasteiger partial charge < -0.3 is 14.8 Å². The number of amides is 2. The van der Waals surface area contributed by atoms with Crippen LogP contribution in [0.1, 0.15) is 5.56 Å². The average Bonchev–Trinajstić information content (AvgIpc) is 3.08. The fourth-order valence-electron chi connectivity index (χ4n) is 2.67. The zero-order valence-corrected chi connectivity index (χ0v) is 18.5. The van der Waals surface area contributed by atoms with Crippen LogP contribution >= 0.6 is 23.4 Å². The van der Waals surface area contributed by atoms with Crippen molar-refractivity contribution in [3.8, 4) is 11.4 Å². The number of aryl methyl sites for hydroxylation is 1. The van der Waals surface area contributed by atoms with Crippen LogP contribution in [0.4, 0.5) is 5.69 Å². The Kier molecular flexibility index (Phi) is 7.12. The molecule has 9 heteroatoms. The molecule has 156 valence electrons. The van der Waals surface area contributed by atoms with E-state index in [1.165, 1.54) is 16.7 Å². The molecule has 0 aliphatic rings. The largest absolute Gasteiger partial charge is 0.336 e. The van der Waals surface area contributed by atoms with E-state index in [1.807, 2.05) is 54.9 Å². The van der Waals surface area contributed by atoms with Crippen molar-refractivity contribution in [1.29, 1.82) is 0 Å². The number of hydrogen-bond donors (Lipinski definition) is 1. The molecule has 30 heavy (non-hydrogen) atoms. The van der Waals surface area contributed by atoms with Gasteiger partial charge in [0.2, 0.25) is 11.8 Å². The Morgan fingerprint density at radius 1 is 1.10 bits per heavy atom. The van der Waals surface area contributed by atoms with Crippen LogP contribution in [-0.2, 0) is 16.6 Å². The lowest BCUT2D eigenvalue weighted by Crippen LogP contribution is -2.36. The minimum atomic E-state index is -0.247. The van der Waals surface area contributed by atoms with Gasteiger partial charge in [-0.1, -0.05) is 41.1 Å². The van der Waals surface area contributed by atoms with Gasteiger partial charge in [-0.05, 0) is 43.3 Å². The first-order valence-electron chi connectivity index (χ1n) is 9.22. The summed E-state index contributed by atoms with van der Waals surface area (Å²) in [5, 5.41) is 12.4. The van der Waals surface area contributed by atoms with E-state index in [9.17, 15) is 9.59 Å². The summed E-state index contributed by atoms with van der Waals surface area (Å²) in [6.07, 6.45) is 0. The van der Waals surface area contributed by atoms with Crippen LogP contribution in [-0.4, -0.2) is 50.8 Å². The molecule has 0 saturated carbocycles. The minimum absolute atomic E-state index is 0.0257. The normalized spacial score (nSPS) is 10.7. The van der Waals surface area contributed by atoms with Crippen LogP contribution in [0.3, 0.4) is 0 Å². The zero-order chi connectivity index (χ0) is 21.7. The summed E-state index contributed by atoms with van der Waals surface area (Å²) >= 11 is 7.20. The summed E-state index contributed by atoms with van der Waals surface area (Å²) in [6.45, 7) is 1.95. The summed E-state index contributed by atoms with van der Waals surface area (Å²) in [5.74, 6) is 0.423. The summed E-state index contributed by atoms with van der Waals surface area (Å²) < 4.78 is 1.82. The SMILES string of the molecule is Cc1ccc(NC(=O)CN(C)C(=O)CSc2nnc(-c3ccc(Cl)cc3)n2C)cc1. The molecule has 1 aromatic heterocycles. The van der Waals surface area contributed by atoms with Crippen molar-refractivity contribution in [2.45, 2.75) is 12.1 Å². The van der Waals surface area contributed by atoms with E-state index in [0.717, 1.165) is 11.1 Å². The topological polar surface area (TPSA) is 80.1 Å². The monoisotopic (exact) mass is 443 g/mol. The second-order valence-electron chi connectivity index (χ2n) is 6.82. The first kappa shape index (κ1) is 21.9. The van der Waals surface area contributed by atoms with Crippen molar-refractivity contribution in [3.63, 3.8) is 0 Å². The maximum Gasteiger partial charge on any atom is 0.243 e. The Labute approximate surface area is 184 Å². The smallest absolute Gasteiger partial charge is 0.243 e. The third-order valence-electron chi connectivity index (χ3n) is 4.40. The van der Waals surface area contributed by atoms with Crippen LogP contribution in [0.5, 0.6) is 0 Å². The summed E-state index contributed by atoms with van der Waals surface area (Å²) in [6, 6.07) is 14.8. The molecule has 0 fully saturated rings. The number of nitrogens with zero attached hydrogens (tertiary/aromatic N) is 4. The Hall–Kier alpha value is -2.84. The Morgan fingerprint density at radius 3 is 2.43 bits per heavy atom. The number of likely N-dealkylation sites (N-methyl/N-ethyl adjacent to an activating group) is 1. The lowest BCUT2D eigenvalue weighted by Gasteiger charge is -2.16. The molecule has 1 N–H and O–H groups in total. The van der Waals surface area contributed by atoms with Crippen molar-refractivity contribution < 1.29 is 9.59 Å². The number of carbonyl (C=O) groups excluding carboxylic acids is 2. The number of thioether (sulfide) groups is 1. The molecule has 0 spiro atoms. The van der Waals surface area contributed by atoms with E-state index in [1.54, 1.807) is 19.2 Å². The van der Waals surface area contributed by atoms with Crippen molar-refractivity contribution >= 4 is 40.9 Å². The Morgan fingerprint density at radius 2 is 1.77 bits per heavy atom. The minimum Gasteiger partial charge on any atom is -0.336 e. The quantitative estimate of drug-likeness (QED) is 0.564. The number of aromatic nitrogens is 3. The molecule has 0 saturated heterocycles. The molecule has 0 unspecified atom stereocenters. The molecule has 0 radical (unpaired) electrons. The second kappa shape index (κ2) is 9.77.